The standard InChI is InChI=1S/C16H17F2NO/c1-11-3-5-15(18)16(7-11)20-10-13-8-12(9-19-2)4-6-14(13)17/h3-8,19H,9-10H2,1-2H3. The van der Waals surface area contributed by atoms with E-state index >= 15 is 0 Å². The number of rotatable bonds is 5. The van der Waals surface area contributed by atoms with Crippen molar-refractivity contribution in [2.75, 3.05) is 7.05 Å². The van der Waals surface area contributed by atoms with Gasteiger partial charge in [0.05, 0.1) is 0 Å². The van der Waals surface area contributed by atoms with Gasteiger partial charge in [0.15, 0.2) is 11.6 Å². The van der Waals surface area contributed by atoms with Crippen molar-refractivity contribution < 1.29 is 13.5 Å². The fraction of sp³-hybridized carbons (Fsp3) is 0.250. The Morgan fingerprint density at radius 1 is 1.05 bits per heavy atom. The van der Waals surface area contributed by atoms with Crippen molar-refractivity contribution >= 4 is 0 Å². The minimum absolute atomic E-state index is 0.00373. The summed E-state index contributed by atoms with van der Waals surface area (Å²) in [5, 5.41) is 3.00. The molecule has 2 aromatic rings. The number of benzene rings is 2. The van der Waals surface area contributed by atoms with Crippen molar-refractivity contribution in [3.63, 3.8) is 0 Å². The van der Waals surface area contributed by atoms with Gasteiger partial charge in [-0.3, -0.25) is 0 Å². The van der Waals surface area contributed by atoms with Gasteiger partial charge in [0.2, 0.25) is 0 Å². The third-order valence-corrected chi connectivity index (χ3v) is 2.96. The van der Waals surface area contributed by atoms with Gasteiger partial charge in [-0.15, -0.1) is 0 Å². The Kier molecular flexibility index (Phi) is 4.69. The Morgan fingerprint density at radius 2 is 1.80 bits per heavy atom. The molecule has 0 aliphatic rings. The molecule has 0 atom stereocenters. The van der Waals surface area contributed by atoms with Crippen LogP contribution in [-0.4, -0.2) is 7.05 Å². The van der Waals surface area contributed by atoms with Gasteiger partial charge in [0.25, 0.3) is 0 Å². The maximum Gasteiger partial charge on any atom is 0.165 e. The molecule has 2 nitrogen and oxygen atoms in total. The summed E-state index contributed by atoms with van der Waals surface area (Å²) in [5.41, 5.74) is 2.27. The molecule has 0 aromatic heterocycles. The number of aryl methyl sites for hydroxylation is 1. The number of hydrogen-bond donors (Lipinski definition) is 1. The van der Waals surface area contributed by atoms with Crippen LogP contribution in [0.5, 0.6) is 5.75 Å². The fourth-order valence-corrected chi connectivity index (χ4v) is 1.93. The van der Waals surface area contributed by atoms with Crippen molar-refractivity contribution in [1.29, 1.82) is 0 Å². The van der Waals surface area contributed by atoms with E-state index in [2.05, 4.69) is 5.32 Å². The van der Waals surface area contributed by atoms with Crippen LogP contribution in [0.1, 0.15) is 16.7 Å². The van der Waals surface area contributed by atoms with E-state index in [1.54, 1.807) is 24.3 Å². The summed E-state index contributed by atoms with van der Waals surface area (Å²) in [4.78, 5) is 0. The van der Waals surface area contributed by atoms with Gasteiger partial charge in [-0.1, -0.05) is 12.1 Å². The highest BCUT2D eigenvalue weighted by atomic mass is 19.1. The summed E-state index contributed by atoms with van der Waals surface area (Å²) in [6.45, 7) is 2.50. The second-order valence-electron chi connectivity index (χ2n) is 4.68. The van der Waals surface area contributed by atoms with Crippen molar-refractivity contribution in [3.05, 3.63) is 64.7 Å². The van der Waals surface area contributed by atoms with E-state index in [-0.39, 0.29) is 18.2 Å². The van der Waals surface area contributed by atoms with Crippen LogP contribution in [0.3, 0.4) is 0 Å². The van der Waals surface area contributed by atoms with Crippen LogP contribution >= 0.6 is 0 Å². The predicted octanol–water partition coefficient (Wildman–Crippen LogP) is 3.57. The van der Waals surface area contributed by atoms with Crippen molar-refractivity contribution in [2.45, 2.75) is 20.1 Å². The summed E-state index contributed by atoms with van der Waals surface area (Å²) < 4.78 is 32.6. The molecule has 2 aromatic carbocycles. The Hall–Kier alpha value is -1.94. The first-order valence-electron chi connectivity index (χ1n) is 6.41. The second kappa shape index (κ2) is 6.48. The molecular weight excluding hydrogens is 260 g/mol. The third-order valence-electron chi connectivity index (χ3n) is 2.96. The highest BCUT2D eigenvalue weighted by Gasteiger charge is 2.07. The quantitative estimate of drug-likeness (QED) is 0.902. The Bertz CT molecular complexity index is 599. The smallest absolute Gasteiger partial charge is 0.165 e. The lowest BCUT2D eigenvalue weighted by Crippen LogP contribution is -2.07. The van der Waals surface area contributed by atoms with Gasteiger partial charge in [0, 0.05) is 12.1 Å². The van der Waals surface area contributed by atoms with Crippen molar-refractivity contribution in [2.24, 2.45) is 0 Å². The Morgan fingerprint density at radius 3 is 2.55 bits per heavy atom. The van der Waals surface area contributed by atoms with Gasteiger partial charge < -0.3 is 10.1 Å². The lowest BCUT2D eigenvalue weighted by Gasteiger charge is -2.10. The average Bonchev–Trinajstić information content (AvgIpc) is 2.43. The molecule has 20 heavy (non-hydrogen) atoms. The maximum absolute atomic E-state index is 13.7. The number of ether oxygens (including phenoxy) is 1. The molecule has 0 saturated carbocycles. The van der Waals surface area contributed by atoms with Crippen LogP contribution in [0.4, 0.5) is 8.78 Å². The van der Waals surface area contributed by atoms with Crippen molar-refractivity contribution in [1.82, 2.24) is 5.32 Å². The molecule has 0 aliphatic heterocycles. The zero-order valence-corrected chi connectivity index (χ0v) is 11.5. The van der Waals surface area contributed by atoms with Gasteiger partial charge in [0.1, 0.15) is 12.4 Å². The molecule has 0 bridgehead atoms. The maximum atomic E-state index is 13.7. The van der Waals surface area contributed by atoms with E-state index in [0.717, 1.165) is 11.1 Å². The first-order chi connectivity index (χ1) is 9.60. The van der Waals surface area contributed by atoms with Crippen LogP contribution in [0.25, 0.3) is 0 Å². The molecule has 1 N–H and O–H groups in total. The first-order valence-corrected chi connectivity index (χ1v) is 6.41. The van der Waals surface area contributed by atoms with Crippen LogP contribution in [0.2, 0.25) is 0 Å². The molecule has 0 unspecified atom stereocenters. The van der Waals surface area contributed by atoms with Gasteiger partial charge in [-0.2, -0.15) is 0 Å². The van der Waals surface area contributed by atoms with Crippen LogP contribution in [-0.2, 0) is 13.2 Å². The first kappa shape index (κ1) is 14.5. The molecule has 0 fully saturated rings. The largest absolute Gasteiger partial charge is 0.486 e. The summed E-state index contributed by atoms with van der Waals surface area (Å²) in [7, 11) is 1.82. The molecule has 0 radical (unpaired) electrons. The predicted molar refractivity (Wildman–Crippen MR) is 74.6 cm³/mol. The number of hydrogen-bond acceptors (Lipinski definition) is 2. The van der Waals surface area contributed by atoms with Crippen LogP contribution in [0, 0.1) is 18.6 Å². The van der Waals surface area contributed by atoms with E-state index < -0.39 is 5.82 Å². The molecule has 106 valence electrons. The normalized spacial score (nSPS) is 10.6. The zero-order chi connectivity index (χ0) is 14.5. The minimum atomic E-state index is -0.442. The van der Waals surface area contributed by atoms with Gasteiger partial charge in [-0.25, -0.2) is 8.78 Å². The topological polar surface area (TPSA) is 21.3 Å². The summed E-state index contributed by atoms with van der Waals surface area (Å²) in [6, 6.07) is 9.44. The highest BCUT2D eigenvalue weighted by molar-refractivity contribution is 5.30. The SMILES string of the molecule is CNCc1ccc(F)c(COc2cc(C)ccc2F)c1. The van der Waals surface area contributed by atoms with Gasteiger partial charge >= 0.3 is 0 Å². The van der Waals surface area contributed by atoms with E-state index in [9.17, 15) is 8.78 Å². The summed E-state index contributed by atoms with van der Waals surface area (Å²) in [5.74, 6) is -0.649. The molecule has 0 spiro atoms. The molecule has 0 heterocycles. The molecule has 0 saturated heterocycles. The van der Waals surface area contributed by atoms with Crippen LogP contribution in [0.15, 0.2) is 36.4 Å². The lowest BCUT2D eigenvalue weighted by atomic mass is 10.1. The van der Waals surface area contributed by atoms with Crippen molar-refractivity contribution in [3.8, 4) is 5.75 Å². The van der Waals surface area contributed by atoms with Gasteiger partial charge in [-0.05, 0) is 49.4 Å². The second-order valence-corrected chi connectivity index (χ2v) is 4.68. The Labute approximate surface area is 117 Å². The molecule has 2 rings (SSSR count). The van der Waals surface area contributed by atoms with E-state index in [1.807, 2.05) is 14.0 Å². The lowest BCUT2D eigenvalue weighted by molar-refractivity contribution is 0.284. The highest BCUT2D eigenvalue weighted by Crippen LogP contribution is 2.20. The van der Waals surface area contributed by atoms with E-state index in [4.69, 9.17) is 4.74 Å². The van der Waals surface area contributed by atoms with E-state index in [0.29, 0.717) is 12.1 Å². The Balaban J connectivity index is 2.13. The zero-order valence-electron chi connectivity index (χ0n) is 11.5. The summed E-state index contributed by atoms with van der Waals surface area (Å²) in [6.07, 6.45) is 0. The number of halogens is 2. The summed E-state index contributed by atoms with van der Waals surface area (Å²) >= 11 is 0. The monoisotopic (exact) mass is 277 g/mol. The van der Waals surface area contributed by atoms with Crippen LogP contribution < -0.4 is 10.1 Å². The third kappa shape index (κ3) is 3.54. The van der Waals surface area contributed by atoms with E-state index in [1.165, 1.54) is 12.1 Å². The molecule has 4 heteroatoms. The average molecular weight is 277 g/mol. The minimum Gasteiger partial charge on any atom is -0.486 e. The molecular formula is C16H17F2NO. The molecule has 0 amide bonds. The number of nitrogens with one attached hydrogen (secondary N) is 1. The fourth-order valence-electron chi connectivity index (χ4n) is 1.93. The molecule has 0 aliphatic carbocycles.